The molecule has 40 heavy (non-hydrogen) atoms. The van der Waals surface area contributed by atoms with E-state index >= 15 is 4.39 Å². The van der Waals surface area contributed by atoms with Gasteiger partial charge < -0.3 is 10.3 Å². The molecule has 2 aromatic carbocycles. The van der Waals surface area contributed by atoms with Crippen LogP contribution < -0.4 is 5.32 Å². The first kappa shape index (κ1) is 23.9. The van der Waals surface area contributed by atoms with Gasteiger partial charge >= 0.3 is 0 Å². The van der Waals surface area contributed by atoms with Crippen LogP contribution in [0.5, 0.6) is 0 Å². The van der Waals surface area contributed by atoms with Gasteiger partial charge in [-0.25, -0.2) is 14.4 Å². The summed E-state index contributed by atoms with van der Waals surface area (Å²) in [5.41, 5.74) is 4.92. The molecule has 0 bridgehead atoms. The molecule has 0 aliphatic carbocycles. The molecule has 0 aliphatic heterocycles. The number of aromatic amines is 2. The first-order valence-electron chi connectivity index (χ1n) is 12.5. The molecule has 5 aromatic heterocycles. The van der Waals surface area contributed by atoms with Gasteiger partial charge in [-0.15, -0.1) is 11.3 Å². The van der Waals surface area contributed by atoms with Crippen molar-refractivity contribution in [3.05, 3.63) is 102 Å². The number of pyridine rings is 2. The average molecular weight is 546 g/mol. The van der Waals surface area contributed by atoms with E-state index in [2.05, 4.69) is 49.5 Å². The highest BCUT2D eigenvalue weighted by molar-refractivity contribution is 7.15. The Labute approximate surface area is 231 Å². The van der Waals surface area contributed by atoms with Gasteiger partial charge in [-0.1, -0.05) is 18.2 Å². The molecular weight excluding hydrogens is 525 g/mol. The van der Waals surface area contributed by atoms with E-state index < -0.39 is 5.82 Å². The maximum Gasteiger partial charge on any atom is 0.255 e. The van der Waals surface area contributed by atoms with Crippen molar-refractivity contribution in [1.82, 2.24) is 30.1 Å². The number of hydrogen-bond donors (Lipinski definition) is 3. The van der Waals surface area contributed by atoms with Crippen molar-refractivity contribution in [2.24, 2.45) is 0 Å². The molecule has 0 atom stereocenters. The number of benzene rings is 2. The van der Waals surface area contributed by atoms with Crippen LogP contribution in [-0.2, 0) is 0 Å². The van der Waals surface area contributed by atoms with E-state index in [1.165, 1.54) is 11.1 Å². The number of nitrogens with one attached hydrogen (secondary N) is 3. The Bertz CT molecular complexity index is 2040. The average Bonchev–Trinajstić information content (AvgIpc) is 3.72. The molecule has 3 N–H and O–H groups in total. The Morgan fingerprint density at radius 2 is 1.88 bits per heavy atom. The van der Waals surface area contributed by atoms with E-state index in [-0.39, 0.29) is 5.91 Å². The molecule has 10 heteroatoms. The normalized spacial score (nSPS) is 11.3. The van der Waals surface area contributed by atoms with Gasteiger partial charge in [0, 0.05) is 44.4 Å². The van der Waals surface area contributed by atoms with Crippen LogP contribution >= 0.6 is 11.3 Å². The summed E-state index contributed by atoms with van der Waals surface area (Å²) < 4.78 is 16.2. The Morgan fingerprint density at radius 3 is 2.70 bits per heavy atom. The van der Waals surface area contributed by atoms with E-state index in [1.807, 2.05) is 12.1 Å². The number of anilines is 1. The molecule has 0 radical (unpaired) electrons. The number of carbonyl (C=O) groups is 1. The molecule has 7 rings (SSSR count). The first-order chi connectivity index (χ1) is 19.5. The smallest absolute Gasteiger partial charge is 0.255 e. The predicted molar refractivity (Wildman–Crippen MR) is 155 cm³/mol. The van der Waals surface area contributed by atoms with E-state index in [4.69, 9.17) is 4.98 Å². The van der Waals surface area contributed by atoms with Gasteiger partial charge in [-0.3, -0.25) is 14.9 Å². The van der Waals surface area contributed by atoms with Gasteiger partial charge in [0.1, 0.15) is 17.0 Å². The number of carbonyl (C=O) groups excluding carboxylic acids is 1. The number of amides is 1. The fourth-order valence-electron chi connectivity index (χ4n) is 4.72. The van der Waals surface area contributed by atoms with Gasteiger partial charge in [0.05, 0.1) is 22.8 Å². The van der Waals surface area contributed by atoms with Gasteiger partial charge in [0.15, 0.2) is 11.5 Å². The SMILES string of the molecule is Cc1ccc(-c2ccnc3[nH]c(-c4n[nH]c5ccc(-c6cncc(NC(=O)c7ccccc7)c6)c(F)c45)nc23)s1. The lowest BCUT2D eigenvalue weighted by molar-refractivity contribution is 0.102. The zero-order valence-electron chi connectivity index (χ0n) is 21.1. The Morgan fingerprint density at radius 1 is 1.00 bits per heavy atom. The Hall–Kier alpha value is -5.22. The van der Waals surface area contributed by atoms with Crippen LogP contribution in [0.3, 0.4) is 0 Å². The Balaban J connectivity index is 1.28. The van der Waals surface area contributed by atoms with E-state index in [9.17, 15) is 4.79 Å². The van der Waals surface area contributed by atoms with Gasteiger partial charge in [0.25, 0.3) is 5.91 Å². The second-order valence-corrected chi connectivity index (χ2v) is 10.5. The van der Waals surface area contributed by atoms with Gasteiger partial charge in [-0.05, 0) is 55.5 Å². The maximum absolute atomic E-state index is 16.2. The van der Waals surface area contributed by atoms with Gasteiger partial charge in [-0.2, -0.15) is 5.10 Å². The molecule has 0 spiro atoms. The topological polar surface area (TPSA) is 112 Å². The molecule has 0 unspecified atom stereocenters. The monoisotopic (exact) mass is 545 g/mol. The van der Waals surface area contributed by atoms with Crippen molar-refractivity contribution in [2.45, 2.75) is 6.92 Å². The molecule has 7 aromatic rings. The second kappa shape index (κ2) is 9.51. The van der Waals surface area contributed by atoms with Crippen molar-refractivity contribution in [3.8, 4) is 33.1 Å². The number of imidazole rings is 1. The quantitative estimate of drug-likeness (QED) is 0.216. The summed E-state index contributed by atoms with van der Waals surface area (Å²) in [6, 6.07) is 20.0. The zero-order chi connectivity index (χ0) is 27.2. The fraction of sp³-hybridized carbons (Fsp3) is 0.0333. The minimum atomic E-state index is -0.475. The first-order valence-corrected chi connectivity index (χ1v) is 13.3. The van der Waals surface area contributed by atoms with Crippen LogP contribution in [0.15, 0.2) is 85.3 Å². The number of halogens is 1. The summed E-state index contributed by atoms with van der Waals surface area (Å²) >= 11 is 1.67. The number of nitrogens with zero attached hydrogens (tertiary/aromatic N) is 4. The summed E-state index contributed by atoms with van der Waals surface area (Å²) in [7, 11) is 0. The highest BCUT2D eigenvalue weighted by atomic mass is 32.1. The van der Waals surface area contributed by atoms with Crippen molar-refractivity contribution in [3.63, 3.8) is 0 Å². The van der Waals surface area contributed by atoms with Crippen molar-refractivity contribution in [2.75, 3.05) is 5.32 Å². The van der Waals surface area contributed by atoms with Crippen molar-refractivity contribution in [1.29, 1.82) is 0 Å². The number of aryl methyl sites for hydroxylation is 1. The lowest BCUT2D eigenvalue weighted by atomic mass is 10.0. The highest BCUT2D eigenvalue weighted by Gasteiger charge is 2.21. The molecule has 1 amide bonds. The summed E-state index contributed by atoms with van der Waals surface area (Å²) in [5.74, 6) is -0.340. The predicted octanol–water partition coefficient (Wildman–Crippen LogP) is 6.99. The standard InChI is InChI=1S/C30H20FN7OS/c1-16-7-10-23(40-16)21-11-12-33-28-26(21)35-29(36-28)27-24-22(37-38-27)9-8-20(25(24)31)18-13-19(15-32-14-18)34-30(39)17-5-3-2-4-6-17/h2-15H,1H3,(H,34,39)(H,37,38)(H,33,35,36). The number of H-pyrrole nitrogens is 2. The van der Waals surface area contributed by atoms with Crippen LogP contribution in [0, 0.1) is 12.7 Å². The summed E-state index contributed by atoms with van der Waals surface area (Å²) in [4.78, 5) is 31.6. The van der Waals surface area contributed by atoms with Gasteiger partial charge in [0.2, 0.25) is 0 Å². The molecule has 5 heterocycles. The number of fused-ring (bicyclic) bond motifs is 2. The largest absolute Gasteiger partial charge is 0.321 e. The molecule has 0 aliphatic rings. The molecule has 0 saturated heterocycles. The molecule has 8 nitrogen and oxygen atoms in total. The molecule has 0 saturated carbocycles. The third kappa shape index (κ3) is 4.11. The van der Waals surface area contributed by atoms with Crippen LogP contribution in [0.2, 0.25) is 0 Å². The maximum atomic E-state index is 16.2. The zero-order valence-corrected chi connectivity index (χ0v) is 21.9. The minimum absolute atomic E-state index is 0.275. The number of aromatic nitrogens is 6. The van der Waals surface area contributed by atoms with Crippen molar-refractivity contribution < 1.29 is 9.18 Å². The van der Waals surface area contributed by atoms with Crippen LogP contribution in [0.4, 0.5) is 10.1 Å². The molecule has 0 fully saturated rings. The number of hydrogen-bond acceptors (Lipinski definition) is 6. The highest BCUT2D eigenvalue weighted by Crippen LogP contribution is 2.36. The third-order valence-corrected chi connectivity index (χ3v) is 7.66. The van der Waals surface area contributed by atoms with Crippen LogP contribution in [0.1, 0.15) is 15.2 Å². The lowest BCUT2D eigenvalue weighted by Gasteiger charge is -2.09. The molecule has 194 valence electrons. The van der Waals surface area contributed by atoms with Crippen LogP contribution in [0.25, 0.3) is 55.2 Å². The molecular formula is C30H20FN7OS. The van der Waals surface area contributed by atoms with E-state index in [0.29, 0.717) is 56.0 Å². The summed E-state index contributed by atoms with van der Waals surface area (Å²) in [6.07, 6.45) is 4.81. The summed E-state index contributed by atoms with van der Waals surface area (Å²) in [6.45, 7) is 2.06. The Kier molecular flexibility index (Phi) is 5.67. The number of rotatable bonds is 5. The van der Waals surface area contributed by atoms with E-state index in [1.54, 1.807) is 66.2 Å². The second-order valence-electron chi connectivity index (χ2n) is 9.26. The summed E-state index contributed by atoms with van der Waals surface area (Å²) in [5, 5.41) is 10.4. The number of thiophene rings is 1. The van der Waals surface area contributed by atoms with E-state index in [0.717, 1.165) is 10.4 Å². The third-order valence-electron chi connectivity index (χ3n) is 6.62. The lowest BCUT2D eigenvalue weighted by Crippen LogP contribution is -2.11. The van der Waals surface area contributed by atoms with Crippen molar-refractivity contribution >= 4 is 45.0 Å². The minimum Gasteiger partial charge on any atom is -0.321 e. The van der Waals surface area contributed by atoms with Crippen LogP contribution in [-0.4, -0.2) is 36.0 Å². The fourth-order valence-corrected chi connectivity index (χ4v) is 5.61.